The van der Waals surface area contributed by atoms with E-state index in [1.165, 1.54) is 38.5 Å². The maximum absolute atomic E-state index is 4.87. The van der Waals surface area contributed by atoms with Gasteiger partial charge in [0, 0.05) is 0 Å². The van der Waals surface area contributed by atoms with Gasteiger partial charge >= 0.3 is 131 Å². The Morgan fingerprint density at radius 3 is 1.68 bits per heavy atom. The van der Waals surface area contributed by atoms with E-state index in [0.29, 0.717) is 0 Å². The molecule has 0 heterocycles. The van der Waals surface area contributed by atoms with E-state index < -0.39 is 21.0 Å². The zero-order valence-corrected chi connectivity index (χ0v) is 18.1. The molecule has 4 aliphatic rings. The summed E-state index contributed by atoms with van der Waals surface area (Å²) in [7, 11) is 0. The maximum Gasteiger partial charge on any atom is -1.00 e. The molecule has 0 aliphatic heterocycles. The second-order valence-corrected chi connectivity index (χ2v) is 16.0. The second kappa shape index (κ2) is 7.90. The van der Waals surface area contributed by atoms with Crippen molar-refractivity contribution in [2.24, 2.45) is 11.8 Å². The Bertz CT molecular complexity index is 508. The van der Waals surface area contributed by atoms with Crippen LogP contribution in [0.25, 0.3) is 0 Å². The van der Waals surface area contributed by atoms with Crippen molar-refractivity contribution in [3.63, 3.8) is 0 Å². The van der Waals surface area contributed by atoms with Gasteiger partial charge in [-0.25, -0.2) is 0 Å². The van der Waals surface area contributed by atoms with Crippen LogP contribution >= 0.6 is 0 Å². The van der Waals surface area contributed by atoms with Gasteiger partial charge in [-0.2, -0.15) is 0 Å². The van der Waals surface area contributed by atoms with Crippen molar-refractivity contribution in [1.82, 2.24) is 0 Å². The first-order valence-electron chi connectivity index (χ1n) is 8.26. The van der Waals surface area contributed by atoms with E-state index in [2.05, 4.69) is 36.5 Å². The Labute approximate surface area is 154 Å². The Balaban J connectivity index is 0.000000882. The van der Waals surface area contributed by atoms with E-state index in [1.54, 1.807) is 0 Å². The molecule has 0 bridgehead atoms. The average molecular weight is 502 g/mol. The largest absolute Gasteiger partial charge is 1.00 e. The minimum Gasteiger partial charge on any atom is -1.00 e. The van der Waals surface area contributed by atoms with Gasteiger partial charge in [-0.05, 0) is 0 Å². The first-order chi connectivity index (χ1) is 9.84. The summed E-state index contributed by atoms with van der Waals surface area (Å²) in [5.74, 6) is 1.79. The summed E-state index contributed by atoms with van der Waals surface area (Å²) in [4.78, 5) is 0. The Morgan fingerprint density at radius 1 is 0.773 bits per heavy atom. The predicted octanol–water partition coefficient (Wildman–Crippen LogP) is -0.786. The number of hydrogen-bond donors (Lipinski definition) is 0. The minimum atomic E-state index is -1.77. The monoisotopic (exact) mass is 502 g/mol. The van der Waals surface area contributed by atoms with Gasteiger partial charge in [0.15, 0.2) is 0 Å². The smallest absolute Gasteiger partial charge is 1.00 e. The zero-order valence-electron chi connectivity index (χ0n) is 13.0. The first-order valence-corrected chi connectivity index (χ1v) is 15.0. The van der Waals surface area contributed by atoms with E-state index in [-0.39, 0.29) is 24.8 Å². The summed E-state index contributed by atoms with van der Waals surface area (Å²) in [6, 6.07) is 0. The van der Waals surface area contributed by atoms with Gasteiger partial charge < -0.3 is 24.8 Å². The second-order valence-electron chi connectivity index (χ2n) is 6.89. The van der Waals surface area contributed by atoms with Crippen molar-refractivity contribution in [2.75, 3.05) is 0 Å². The molecule has 4 atom stereocenters. The van der Waals surface area contributed by atoms with Crippen LogP contribution in [0.5, 0.6) is 0 Å². The summed E-state index contributed by atoms with van der Waals surface area (Å²) >= 11 is -1.77. The van der Waals surface area contributed by atoms with Crippen LogP contribution in [-0.2, 0) is 21.0 Å². The van der Waals surface area contributed by atoms with E-state index in [4.69, 9.17) is 4.26 Å². The third kappa shape index (κ3) is 3.23. The van der Waals surface area contributed by atoms with E-state index in [1.807, 2.05) is 11.1 Å². The van der Waals surface area contributed by atoms with Gasteiger partial charge in [0.2, 0.25) is 0 Å². The van der Waals surface area contributed by atoms with Crippen LogP contribution in [0.4, 0.5) is 0 Å². The summed E-state index contributed by atoms with van der Waals surface area (Å²) in [5.41, 5.74) is 3.64. The topological polar surface area (TPSA) is 0 Å². The number of allylic oxidation sites excluding steroid dienone is 8. The molecule has 0 radical (unpaired) electrons. The van der Waals surface area contributed by atoms with Crippen LogP contribution < -0.4 is 24.8 Å². The molecule has 22 heavy (non-hydrogen) atoms. The third-order valence-electron chi connectivity index (χ3n) is 5.94. The molecule has 4 unspecified atom stereocenters. The number of hydrogen-bond acceptors (Lipinski definition) is 0. The molecule has 4 aliphatic carbocycles. The first kappa shape index (κ1) is 18.6. The van der Waals surface area contributed by atoms with Gasteiger partial charge in [-0.3, -0.25) is 0 Å². The fraction of sp³-hybridized carbons (Fsp3) is 0.526. The zero-order chi connectivity index (χ0) is 13.5. The summed E-state index contributed by atoms with van der Waals surface area (Å²) < 4.78 is 6.79. The van der Waals surface area contributed by atoms with Crippen molar-refractivity contribution < 1.29 is 45.8 Å². The van der Waals surface area contributed by atoms with Crippen LogP contribution in [0.1, 0.15) is 38.5 Å². The summed E-state index contributed by atoms with van der Waals surface area (Å²) in [6.07, 6.45) is 22.7. The van der Waals surface area contributed by atoms with Gasteiger partial charge in [-0.15, -0.1) is 0 Å². The van der Waals surface area contributed by atoms with E-state index in [0.717, 1.165) is 19.2 Å². The van der Waals surface area contributed by atoms with Crippen molar-refractivity contribution in [1.29, 1.82) is 0 Å². The van der Waals surface area contributed by atoms with Crippen molar-refractivity contribution in [3.05, 3.63) is 47.6 Å². The van der Waals surface area contributed by atoms with Crippen LogP contribution in [-0.4, -0.2) is 4.26 Å². The number of halogens is 2. The Morgan fingerprint density at radius 2 is 1.23 bits per heavy atom. The van der Waals surface area contributed by atoms with Gasteiger partial charge in [0.05, 0.1) is 0 Å². The fourth-order valence-corrected chi connectivity index (χ4v) is 15.9. The fourth-order valence-electron chi connectivity index (χ4n) is 4.87. The van der Waals surface area contributed by atoms with Crippen molar-refractivity contribution in [2.45, 2.75) is 45.9 Å². The third-order valence-corrected chi connectivity index (χ3v) is 16.8. The molecule has 0 aromatic heterocycles. The molecule has 4 rings (SSSR count). The predicted molar refractivity (Wildman–Crippen MR) is 83.7 cm³/mol. The SMILES string of the molecule is [CH2]=[Hf+2]([CH]1CCC2CC=CC=C21)[CH]1CCC2CC=CC=C21.[Cl-].[Cl-]. The molecule has 2 saturated carbocycles. The Hall–Kier alpha value is 0.280. The van der Waals surface area contributed by atoms with Crippen LogP contribution in [0, 0.1) is 11.8 Å². The number of fused-ring (bicyclic) bond motifs is 2. The molecule has 0 aromatic carbocycles. The Kier molecular flexibility index (Phi) is 6.69. The maximum atomic E-state index is 4.87. The van der Waals surface area contributed by atoms with Gasteiger partial charge in [0.25, 0.3) is 0 Å². The van der Waals surface area contributed by atoms with Gasteiger partial charge in [0.1, 0.15) is 0 Å². The molecule has 0 aromatic rings. The standard InChI is InChI=1S/2C9H11.CH2.2ClH.Hf/c2*1-2-5-9-7-3-6-8(9)4-1;;;;/h2*1-2,4,6,9H,3,5,7H2;1H2;2*1H;/q;;;;;+2/p-2. The molecular formula is C19H24Cl2Hf. The molecule has 2 fully saturated rings. The quantitative estimate of drug-likeness (QED) is 0.436. The molecule has 0 amide bonds. The van der Waals surface area contributed by atoms with Crippen molar-refractivity contribution >= 4 is 4.26 Å². The van der Waals surface area contributed by atoms with E-state index >= 15 is 0 Å². The minimum absolute atomic E-state index is 0. The van der Waals surface area contributed by atoms with Gasteiger partial charge in [-0.1, -0.05) is 0 Å². The molecule has 0 nitrogen and oxygen atoms in total. The normalized spacial score (nSPS) is 34.3. The molecule has 0 spiro atoms. The molecule has 0 N–H and O–H groups in total. The summed E-state index contributed by atoms with van der Waals surface area (Å²) in [6.45, 7) is 0. The summed E-state index contributed by atoms with van der Waals surface area (Å²) in [5, 5.41) is 0. The number of rotatable bonds is 2. The molecular weight excluding hydrogens is 478 g/mol. The molecule has 118 valence electrons. The van der Waals surface area contributed by atoms with Crippen LogP contribution in [0.2, 0.25) is 7.35 Å². The average Bonchev–Trinajstić information content (AvgIpc) is 3.11. The molecule has 3 heteroatoms. The van der Waals surface area contributed by atoms with Crippen molar-refractivity contribution in [3.8, 4) is 0 Å². The van der Waals surface area contributed by atoms with Crippen LogP contribution in [0.3, 0.4) is 0 Å². The molecule has 0 saturated heterocycles. The van der Waals surface area contributed by atoms with E-state index in [9.17, 15) is 0 Å². The van der Waals surface area contributed by atoms with Crippen LogP contribution in [0.15, 0.2) is 47.6 Å².